The monoisotopic (exact) mass is 283 g/mol. The van der Waals surface area contributed by atoms with E-state index in [0.717, 1.165) is 11.3 Å². The van der Waals surface area contributed by atoms with E-state index in [2.05, 4.69) is 39.5 Å². The SMILES string of the molecule is COc1ncccc1CNc1ccc(N2CCCC2)cc1. The molecule has 0 spiro atoms. The zero-order chi connectivity index (χ0) is 14.5. The minimum absolute atomic E-state index is 0.679. The van der Waals surface area contributed by atoms with Gasteiger partial charge in [0.2, 0.25) is 5.88 Å². The lowest BCUT2D eigenvalue weighted by Crippen LogP contribution is -2.17. The number of anilines is 2. The van der Waals surface area contributed by atoms with Gasteiger partial charge in [0.1, 0.15) is 0 Å². The molecule has 1 saturated heterocycles. The van der Waals surface area contributed by atoms with Crippen LogP contribution in [-0.2, 0) is 6.54 Å². The third-order valence-corrected chi connectivity index (χ3v) is 3.86. The molecule has 1 aromatic heterocycles. The van der Waals surface area contributed by atoms with Gasteiger partial charge in [0.25, 0.3) is 0 Å². The summed E-state index contributed by atoms with van der Waals surface area (Å²) in [6.07, 6.45) is 4.36. The summed E-state index contributed by atoms with van der Waals surface area (Å²) in [4.78, 5) is 6.65. The van der Waals surface area contributed by atoms with E-state index >= 15 is 0 Å². The minimum Gasteiger partial charge on any atom is -0.481 e. The molecule has 0 radical (unpaired) electrons. The number of pyridine rings is 1. The highest BCUT2D eigenvalue weighted by Crippen LogP contribution is 2.23. The molecule has 4 heteroatoms. The van der Waals surface area contributed by atoms with Gasteiger partial charge < -0.3 is 15.0 Å². The maximum Gasteiger partial charge on any atom is 0.218 e. The highest BCUT2D eigenvalue weighted by Gasteiger charge is 2.11. The fourth-order valence-electron chi connectivity index (χ4n) is 2.71. The number of nitrogens with zero attached hydrogens (tertiary/aromatic N) is 2. The van der Waals surface area contributed by atoms with Crippen LogP contribution in [0.25, 0.3) is 0 Å². The summed E-state index contributed by atoms with van der Waals surface area (Å²) in [7, 11) is 1.65. The Morgan fingerprint density at radius 2 is 1.90 bits per heavy atom. The van der Waals surface area contributed by atoms with Crippen molar-refractivity contribution in [1.82, 2.24) is 4.98 Å². The van der Waals surface area contributed by atoms with E-state index in [4.69, 9.17) is 4.74 Å². The van der Waals surface area contributed by atoms with Crippen molar-refractivity contribution in [2.24, 2.45) is 0 Å². The van der Waals surface area contributed by atoms with Crippen molar-refractivity contribution in [3.8, 4) is 5.88 Å². The molecule has 1 aromatic carbocycles. The molecule has 110 valence electrons. The van der Waals surface area contributed by atoms with Crippen LogP contribution in [0.1, 0.15) is 18.4 Å². The Morgan fingerprint density at radius 3 is 2.62 bits per heavy atom. The van der Waals surface area contributed by atoms with Crippen molar-refractivity contribution in [2.75, 3.05) is 30.4 Å². The van der Waals surface area contributed by atoms with Gasteiger partial charge in [-0.15, -0.1) is 0 Å². The maximum absolute atomic E-state index is 5.26. The fraction of sp³-hybridized carbons (Fsp3) is 0.353. The van der Waals surface area contributed by atoms with Crippen molar-refractivity contribution >= 4 is 11.4 Å². The first-order chi connectivity index (χ1) is 10.4. The van der Waals surface area contributed by atoms with Gasteiger partial charge in [0.15, 0.2) is 0 Å². The molecular weight excluding hydrogens is 262 g/mol. The molecule has 1 aliphatic heterocycles. The van der Waals surface area contributed by atoms with E-state index in [1.165, 1.54) is 31.6 Å². The van der Waals surface area contributed by atoms with Crippen LogP contribution in [0.5, 0.6) is 5.88 Å². The van der Waals surface area contributed by atoms with Crippen LogP contribution in [0.3, 0.4) is 0 Å². The Kier molecular flexibility index (Phi) is 4.24. The predicted molar refractivity (Wildman–Crippen MR) is 86.0 cm³/mol. The molecule has 0 amide bonds. The van der Waals surface area contributed by atoms with Crippen molar-refractivity contribution in [3.05, 3.63) is 48.2 Å². The topological polar surface area (TPSA) is 37.4 Å². The molecule has 0 unspecified atom stereocenters. The number of methoxy groups -OCH3 is 1. The van der Waals surface area contributed by atoms with Crippen molar-refractivity contribution in [2.45, 2.75) is 19.4 Å². The average Bonchev–Trinajstić information content (AvgIpc) is 3.08. The second-order valence-corrected chi connectivity index (χ2v) is 5.27. The average molecular weight is 283 g/mol. The lowest BCUT2D eigenvalue weighted by molar-refractivity contribution is 0.393. The zero-order valence-corrected chi connectivity index (χ0v) is 12.4. The molecule has 2 aromatic rings. The van der Waals surface area contributed by atoms with Crippen molar-refractivity contribution in [1.29, 1.82) is 0 Å². The van der Waals surface area contributed by atoms with E-state index < -0.39 is 0 Å². The fourth-order valence-corrected chi connectivity index (χ4v) is 2.71. The standard InChI is InChI=1S/C17H21N3O/c1-21-17-14(5-4-10-18-17)13-19-15-6-8-16(9-7-15)20-11-2-3-12-20/h4-10,19H,2-3,11-13H2,1H3. The van der Waals surface area contributed by atoms with E-state index in [1.54, 1.807) is 13.3 Å². The summed E-state index contributed by atoms with van der Waals surface area (Å²) in [5, 5.41) is 3.41. The largest absolute Gasteiger partial charge is 0.481 e. The van der Waals surface area contributed by atoms with Crippen LogP contribution in [0.15, 0.2) is 42.6 Å². The maximum atomic E-state index is 5.26. The van der Waals surface area contributed by atoms with E-state index in [-0.39, 0.29) is 0 Å². The van der Waals surface area contributed by atoms with E-state index in [9.17, 15) is 0 Å². The minimum atomic E-state index is 0.679. The van der Waals surface area contributed by atoms with Gasteiger partial charge in [-0.1, -0.05) is 6.07 Å². The Bertz CT molecular complexity index is 577. The second-order valence-electron chi connectivity index (χ2n) is 5.27. The summed E-state index contributed by atoms with van der Waals surface area (Å²) in [6.45, 7) is 3.07. The first-order valence-electron chi connectivity index (χ1n) is 7.43. The Balaban J connectivity index is 1.62. The summed E-state index contributed by atoms with van der Waals surface area (Å²) in [5.41, 5.74) is 3.49. The number of hydrogen-bond donors (Lipinski definition) is 1. The predicted octanol–water partition coefficient (Wildman–Crippen LogP) is 3.30. The quantitative estimate of drug-likeness (QED) is 0.913. The number of nitrogens with one attached hydrogen (secondary N) is 1. The number of rotatable bonds is 5. The van der Waals surface area contributed by atoms with E-state index in [0.29, 0.717) is 12.4 Å². The summed E-state index contributed by atoms with van der Waals surface area (Å²) >= 11 is 0. The van der Waals surface area contributed by atoms with Crippen molar-refractivity contribution < 1.29 is 4.74 Å². The second kappa shape index (κ2) is 6.48. The van der Waals surface area contributed by atoms with Crippen LogP contribution in [0.4, 0.5) is 11.4 Å². The molecule has 2 heterocycles. The lowest BCUT2D eigenvalue weighted by Gasteiger charge is -2.18. The molecule has 0 aliphatic carbocycles. The molecule has 0 saturated carbocycles. The third-order valence-electron chi connectivity index (χ3n) is 3.86. The molecule has 4 nitrogen and oxygen atoms in total. The lowest BCUT2D eigenvalue weighted by atomic mass is 10.2. The summed E-state index contributed by atoms with van der Waals surface area (Å²) in [6, 6.07) is 12.6. The Morgan fingerprint density at radius 1 is 1.14 bits per heavy atom. The first-order valence-corrected chi connectivity index (χ1v) is 7.43. The van der Waals surface area contributed by atoms with Gasteiger partial charge in [-0.3, -0.25) is 0 Å². The van der Waals surface area contributed by atoms with Crippen LogP contribution in [-0.4, -0.2) is 25.2 Å². The Labute approximate surface area is 125 Å². The smallest absolute Gasteiger partial charge is 0.218 e. The molecule has 3 rings (SSSR count). The molecule has 0 bridgehead atoms. The van der Waals surface area contributed by atoms with Crippen LogP contribution in [0, 0.1) is 0 Å². The number of hydrogen-bond acceptors (Lipinski definition) is 4. The molecule has 1 aliphatic rings. The van der Waals surface area contributed by atoms with Gasteiger partial charge in [0.05, 0.1) is 7.11 Å². The third kappa shape index (κ3) is 3.27. The van der Waals surface area contributed by atoms with Gasteiger partial charge in [0, 0.05) is 42.8 Å². The normalized spacial score (nSPS) is 14.2. The molecular formula is C17H21N3O. The van der Waals surface area contributed by atoms with E-state index in [1.807, 2.05) is 12.1 Å². The van der Waals surface area contributed by atoms with Crippen LogP contribution < -0.4 is 15.0 Å². The highest BCUT2D eigenvalue weighted by atomic mass is 16.5. The van der Waals surface area contributed by atoms with Crippen molar-refractivity contribution in [3.63, 3.8) is 0 Å². The van der Waals surface area contributed by atoms with Gasteiger partial charge in [-0.05, 0) is 43.2 Å². The van der Waals surface area contributed by atoms with Crippen LogP contribution in [0.2, 0.25) is 0 Å². The number of aromatic nitrogens is 1. The van der Waals surface area contributed by atoms with Gasteiger partial charge >= 0.3 is 0 Å². The summed E-state index contributed by atoms with van der Waals surface area (Å²) < 4.78 is 5.26. The van der Waals surface area contributed by atoms with Crippen LogP contribution >= 0.6 is 0 Å². The summed E-state index contributed by atoms with van der Waals surface area (Å²) in [5.74, 6) is 0.679. The molecule has 1 fully saturated rings. The van der Waals surface area contributed by atoms with Gasteiger partial charge in [-0.25, -0.2) is 4.98 Å². The number of ether oxygens (including phenoxy) is 1. The molecule has 0 atom stereocenters. The molecule has 21 heavy (non-hydrogen) atoms. The highest BCUT2D eigenvalue weighted by molar-refractivity contribution is 5.55. The zero-order valence-electron chi connectivity index (χ0n) is 12.4. The van der Waals surface area contributed by atoms with Gasteiger partial charge in [-0.2, -0.15) is 0 Å². The first kappa shape index (κ1) is 13.7. The molecule has 1 N–H and O–H groups in total. The number of benzene rings is 1. The Hall–Kier alpha value is -2.23.